The lowest BCUT2D eigenvalue weighted by molar-refractivity contribution is -0.297. The van der Waals surface area contributed by atoms with Crippen LogP contribution in [0.1, 0.15) is 81.1 Å². The van der Waals surface area contributed by atoms with E-state index in [0.717, 1.165) is 0 Å². The molecule has 3 rings (SSSR count). The van der Waals surface area contributed by atoms with Gasteiger partial charge in [0.05, 0.1) is 23.9 Å². The van der Waals surface area contributed by atoms with Gasteiger partial charge >= 0.3 is 12.1 Å². The Morgan fingerprint density at radius 3 is 2.40 bits per heavy atom. The zero-order chi connectivity index (χ0) is 35.4. The van der Waals surface area contributed by atoms with Crippen LogP contribution in [0.5, 0.6) is 0 Å². The van der Waals surface area contributed by atoms with Crippen LogP contribution in [0.3, 0.4) is 0 Å². The van der Waals surface area contributed by atoms with Crippen molar-refractivity contribution >= 4 is 17.8 Å². The van der Waals surface area contributed by atoms with E-state index in [1.807, 2.05) is 46.8 Å². The average Bonchev–Trinajstić information content (AvgIpc) is 3.30. The van der Waals surface area contributed by atoms with Crippen molar-refractivity contribution in [1.82, 2.24) is 20.4 Å². The second-order valence-electron chi connectivity index (χ2n) is 15.0. The minimum Gasteiger partial charge on any atom is -0.458 e. The maximum atomic E-state index is 13.9. The molecule has 3 aliphatic rings. The number of methoxy groups -OCH3 is 1. The molecule has 0 spiro atoms. The summed E-state index contributed by atoms with van der Waals surface area (Å²) in [5.74, 6) is -1.87. The van der Waals surface area contributed by atoms with Gasteiger partial charge < -0.3 is 49.2 Å². The molecule has 0 aromatic carbocycles. The predicted molar refractivity (Wildman–Crippen MR) is 177 cm³/mol. The van der Waals surface area contributed by atoms with Crippen LogP contribution in [0, 0.1) is 11.8 Å². The zero-order valence-electron chi connectivity index (χ0n) is 30.7. The number of likely N-dealkylation sites (N-methyl/N-ethyl adjacent to an activating group) is 2. The molecule has 3 aliphatic heterocycles. The van der Waals surface area contributed by atoms with E-state index in [0.29, 0.717) is 32.4 Å². The number of carbonyl (C=O) groups is 3. The van der Waals surface area contributed by atoms with Crippen molar-refractivity contribution in [2.45, 2.75) is 147 Å². The molecule has 0 saturated carbocycles. The molecule has 272 valence electrons. The molecule has 0 radical (unpaired) electrons. The third-order valence-corrected chi connectivity index (χ3v) is 10.6. The number of esters is 1. The molecule has 3 N–H and O–H groups in total. The maximum absolute atomic E-state index is 13.9. The third-order valence-electron chi connectivity index (χ3n) is 10.6. The Kier molecular flexibility index (Phi) is 13.7. The van der Waals surface area contributed by atoms with Crippen molar-refractivity contribution in [2.75, 3.05) is 41.3 Å². The number of alkyl carbamates (subject to hydrolysis) is 1. The Bertz CT molecular complexity index is 1080. The minimum absolute atomic E-state index is 0.0461. The normalized spacial score (nSPS) is 41.6. The number of aliphatic hydroxyl groups is 1. The summed E-state index contributed by atoms with van der Waals surface area (Å²) in [5.41, 5.74) is -2.15. The molecule has 1 unspecified atom stereocenters. The number of carbonyl (C=O) groups excluding carboxylic acids is 3. The lowest BCUT2D eigenvalue weighted by Gasteiger charge is -2.47. The van der Waals surface area contributed by atoms with Crippen molar-refractivity contribution in [2.24, 2.45) is 11.8 Å². The fraction of sp³-hybridized carbons (Fsp3) is 0.912. The first-order valence-corrected chi connectivity index (χ1v) is 17.2. The van der Waals surface area contributed by atoms with Gasteiger partial charge in [-0.25, -0.2) is 4.79 Å². The Morgan fingerprint density at radius 2 is 1.83 bits per heavy atom. The number of hydrogen-bond donors (Lipinski definition) is 3. The number of nitrogens with zero attached hydrogens (tertiary/aromatic N) is 2. The molecule has 47 heavy (non-hydrogen) atoms. The van der Waals surface area contributed by atoms with Crippen LogP contribution in [-0.4, -0.2) is 140 Å². The summed E-state index contributed by atoms with van der Waals surface area (Å²) in [7, 11) is 7.41. The fourth-order valence-electron chi connectivity index (χ4n) is 7.67. The number of amides is 1. The molecule has 0 bridgehead atoms. The standard InChI is InChI=1S/C34H62N4O9/c1-13-26-34(8)29(36-32(42)47-34)22(6)38(11)18-20(4)16-33(7,43-12)30(21(5)25(39)15-27(40)45-26)46-31-28(41)24(37(9)10)14-23(44-31)17-35-19(2)3/h19-24,26,28-31,35,41H,13-18H2,1-12H3,(H,36,42)/t20-,21+,22-,23+,24?,26-,28-,29-,30-,31+,33-,34-/m1/s1. The summed E-state index contributed by atoms with van der Waals surface area (Å²) in [4.78, 5) is 43.9. The highest BCUT2D eigenvalue weighted by atomic mass is 16.7. The van der Waals surface area contributed by atoms with Gasteiger partial charge in [-0.3, -0.25) is 9.59 Å². The molecule has 13 nitrogen and oxygen atoms in total. The van der Waals surface area contributed by atoms with Crippen LogP contribution in [0.25, 0.3) is 0 Å². The van der Waals surface area contributed by atoms with E-state index < -0.39 is 66.2 Å². The van der Waals surface area contributed by atoms with Crippen LogP contribution >= 0.6 is 0 Å². The summed E-state index contributed by atoms with van der Waals surface area (Å²) in [5, 5.41) is 17.9. The molecule has 0 aromatic rings. The SMILES string of the molecule is CC[C@H]1OC(=O)CC(=O)[C@H](C)[C@@H](O[C@@H]2O[C@H](CNC(C)C)CC(N(C)C)[C@H]2O)[C@](C)(OC)C[C@@H](C)CN(C)[C@H](C)[C@H]2NC(=O)O[C@@]21C. The summed E-state index contributed by atoms with van der Waals surface area (Å²) < 4.78 is 30.9. The van der Waals surface area contributed by atoms with Gasteiger partial charge in [0.25, 0.3) is 0 Å². The van der Waals surface area contributed by atoms with Crippen LogP contribution in [-0.2, 0) is 33.3 Å². The first kappa shape index (κ1) is 39.6. The topological polar surface area (TPSA) is 148 Å². The van der Waals surface area contributed by atoms with Gasteiger partial charge in [0, 0.05) is 44.2 Å². The molecular formula is C34H62N4O9. The number of rotatable bonds is 8. The fourth-order valence-corrected chi connectivity index (χ4v) is 7.67. The number of cyclic esters (lactones) is 1. The monoisotopic (exact) mass is 670 g/mol. The Balaban J connectivity index is 2.01. The molecule has 0 aliphatic carbocycles. The van der Waals surface area contributed by atoms with E-state index in [1.165, 1.54) is 0 Å². The molecule has 13 heteroatoms. The van der Waals surface area contributed by atoms with Crippen LogP contribution in [0.15, 0.2) is 0 Å². The average molecular weight is 671 g/mol. The lowest BCUT2D eigenvalue weighted by atomic mass is 9.79. The Hall–Kier alpha value is -1.87. The van der Waals surface area contributed by atoms with Gasteiger partial charge in [-0.15, -0.1) is 0 Å². The van der Waals surface area contributed by atoms with Crippen LogP contribution in [0.4, 0.5) is 4.79 Å². The smallest absolute Gasteiger partial charge is 0.408 e. The van der Waals surface area contributed by atoms with Gasteiger partial charge in [0.15, 0.2) is 11.9 Å². The number of aliphatic hydroxyl groups excluding tert-OH is 1. The highest BCUT2D eigenvalue weighted by Gasteiger charge is 2.55. The van der Waals surface area contributed by atoms with E-state index in [2.05, 4.69) is 36.3 Å². The van der Waals surface area contributed by atoms with Gasteiger partial charge in [0.1, 0.15) is 24.4 Å². The number of hydrogen-bond acceptors (Lipinski definition) is 12. The Morgan fingerprint density at radius 1 is 1.17 bits per heavy atom. The number of ketones is 1. The van der Waals surface area contributed by atoms with Crippen molar-refractivity contribution in [3.63, 3.8) is 0 Å². The lowest BCUT2D eigenvalue weighted by Crippen LogP contribution is -2.60. The summed E-state index contributed by atoms with van der Waals surface area (Å²) in [6.45, 7) is 16.7. The molecule has 3 fully saturated rings. The third kappa shape index (κ3) is 9.23. The summed E-state index contributed by atoms with van der Waals surface area (Å²) in [6.07, 6.45) is -3.50. The molecular weight excluding hydrogens is 608 g/mol. The molecule has 3 heterocycles. The predicted octanol–water partition coefficient (Wildman–Crippen LogP) is 2.33. The highest BCUT2D eigenvalue weighted by Crippen LogP contribution is 2.38. The van der Waals surface area contributed by atoms with Gasteiger partial charge in [-0.05, 0) is 67.1 Å². The summed E-state index contributed by atoms with van der Waals surface area (Å²) in [6, 6.07) is -0.644. The van der Waals surface area contributed by atoms with Crippen molar-refractivity contribution in [3.05, 3.63) is 0 Å². The largest absolute Gasteiger partial charge is 0.458 e. The molecule has 12 atom stereocenters. The van der Waals surface area contributed by atoms with E-state index in [4.69, 9.17) is 23.7 Å². The first-order valence-electron chi connectivity index (χ1n) is 17.2. The quantitative estimate of drug-likeness (QED) is 0.257. The van der Waals surface area contributed by atoms with E-state index >= 15 is 0 Å². The minimum atomic E-state index is -1.14. The number of Topliss-reactive ketones (excluding diaryl/α,β-unsaturated/α-hetero) is 1. The molecule has 1 amide bonds. The van der Waals surface area contributed by atoms with Crippen molar-refractivity contribution in [1.29, 1.82) is 0 Å². The van der Waals surface area contributed by atoms with Crippen LogP contribution < -0.4 is 10.6 Å². The van der Waals surface area contributed by atoms with Gasteiger partial charge in [0.2, 0.25) is 0 Å². The molecule has 0 aromatic heterocycles. The summed E-state index contributed by atoms with van der Waals surface area (Å²) >= 11 is 0. The van der Waals surface area contributed by atoms with Gasteiger partial charge in [-0.2, -0.15) is 0 Å². The maximum Gasteiger partial charge on any atom is 0.408 e. The van der Waals surface area contributed by atoms with E-state index in [-0.39, 0.29) is 35.9 Å². The number of ether oxygens (including phenoxy) is 5. The van der Waals surface area contributed by atoms with Crippen molar-refractivity contribution < 1.29 is 43.2 Å². The van der Waals surface area contributed by atoms with E-state index in [1.54, 1.807) is 21.0 Å². The highest BCUT2D eigenvalue weighted by molar-refractivity contribution is 5.97. The van der Waals surface area contributed by atoms with Gasteiger partial charge in [-0.1, -0.05) is 34.6 Å². The molecule has 3 saturated heterocycles. The zero-order valence-corrected chi connectivity index (χ0v) is 30.7. The number of fused-ring (bicyclic) bond motifs is 1. The van der Waals surface area contributed by atoms with E-state index in [9.17, 15) is 19.5 Å². The van der Waals surface area contributed by atoms with Crippen molar-refractivity contribution in [3.8, 4) is 0 Å². The Labute approximate surface area is 281 Å². The second kappa shape index (κ2) is 16.2. The number of nitrogens with one attached hydrogen (secondary N) is 2. The second-order valence-corrected chi connectivity index (χ2v) is 15.0. The first-order chi connectivity index (χ1) is 21.9. The van der Waals surface area contributed by atoms with Crippen LogP contribution in [0.2, 0.25) is 0 Å².